The number of rotatable bonds is 5. The standard InChI is InChI=1S/C12H14O6/c1-7(14)18-12-10(16-2)4-8(9(15)6-13)5-11(12)17-3/h4-5,13H,6H2,1-3H3. The molecular weight excluding hydrogens is 240 g/mol. The number of hydrogen-bond donors (Lipinski definition) is 1. The molecule has 0 aromatic heterocycles. The van der Waals surface area contributed by atoms with Crippen molar-refractivity contribution < 1.29 is 28.9 Å². The first kappa shape index (κ1) is 14.0. The molecule has 6 heteroatoms. The van der Waals surface area contributed by atoms with Crippen LogP contribution in [0.3, 0.4) is 0 Å². The van der Waals surface area contributed by atoms with E-state index >= 15 is 0 Å². The summed E-state index contributed by atoms with van der Waals surface area (Å²) in [5, 5.41) is 8.81. The zero-order chi connectivity index (χ0) is 13.7. The molecule has 1 aromatic carbocycles. The molecule has 0 saturated carbocycles. The molecule has 6 nitrogen and oxygen atoms in total. The fourth-order valence-electron chi connectivity index (χ4n) is 1.38. The molecule has 98 valence electrons. The van der Waals surface area contributed by atoms with E-state index < -0.39 is 18.4 Å². The van der Waals surface area contributed by atoms with Crippen molar-refractivity contribution in [2.45, 2.75) is 6.92 Å². The van der Waals surface area contributed by atoms with Crippen LogP contribution in [0.1, 0.15) is 17.3 Å². The Kier molecular flexibility index (Phi) is 4.67. The summed E-state index contributed by atoms with van der Waals surface area (Å²) in [6, 6.07) is 2.75. The first-order valence-corrected chi connectivity index (χ1v) is 5.12. The molecule has 1 N–H and O–H groups in total. The molecule has 0 radical (unpaired) electrons. The first-order chi connectivity index (χ1) is 8.53. The van der Waals surface area contributed by atoms with Gasteiger partial charge in [0.2, 0.25) is 5.75 Å². The van der Waals surface area contributed by atoms with Crippen molar-refractivity contribution in [3.63, 3.8) is 0 Å². The fraction of sp³-hybridized carbons (Fsp3) is 0.333. The summed E-state index contributed by atoms with van der Waals surface area (Å²) in [7, 11) is 2.74. The zero-order valence-electron chi connectivity index (χ0n) is 10.4. The van der Waals surface area contributed by atoms with E-state index in [2.05, 4.69) is 0 Å². The molecule has 0 aliphatic heterocycles. The van der Waals surface area contributed by atoms with E-state index in [4.69, 9.17) is 19.3 Å². The second-order valence-corrected chi connectivity index (χ2v) is 3.38. The average molecular weight is 254 g/mol. The molecule has 0 aliphatic carbocycles. The van der Waals surface area contributed by atoms with Gasteiger partial charge in [0.15, 0.2) is 17.3 Å². The molecule has 0 aliphatic rings. The van der Waals surface area contributed by atoms with Gasteiger partial charge in [-0.3, -0.25) is 9.59 Å². The number of aliphatic hydroxyl groups is 1. The second-order valence-electron chi connectivity index (χ2n) is 3.38. The second kappa shape index (κ2) is 6.02. The molecule has 1 rings (SSSR count). The Bertz CT molecular complexity index is 441. The van der Waals surface area contributed by atoms with Gasteiger partial charge in [-0.15, -0.1) is 0 Å². The molecule has 0 bridgehead atoms. The van der Waals surface area contributed by atoms with Crippen LogP contribution in [0.5, 0.6) is 17.2 Å². The maximum Gasteiger partial charge on any atom is 0.308 e. The Morgan fingerprint density at radius 1 is 1.17 bits per heavy atom. The lowest BCUT2D eigenvalue weighted by atomic mass is 10.1. The van der Waals surface area contributed by atoms with Gasteiger partial charge in [0.05, 0.1) is 14.2 Å². The molecule has 0 fully saturated rings. The fourth-order valence-corrected chi connectivity index (χ4v) is 1.38. The summed E-state index contributed by atoms with van der Waals surface area (Å²) in [6.45, 7) is 0.616. The van der Waals surface area contributed by atoms with Gasteiger partial charge >= 0.3 is 5.97 Å². The Morgan fingerprint density at radius 3 is 2.00 bits per heavy atom. The number of ether oxygens (including phenoxy) is 3. The maximum absolute atomic E-state index is 11.4. The average Bonchev–Trinajstić information content (AvgIpc) is 2.37. The molecule has 0 amide bonds. The van der Waals surface area contributed by atoms with Gasteiger partial charge in [-0.2, -0.15) is 0 Å². The van der Waals surface area contributed by atoms with Gasteiger partial charge in [0.1, 0.15) is 6.61 Å². The van der Waals surface area contributed by atoms with E-state index in [1.165, 1.54) is 33.3 Å². The minimum absolute atomic E-state index is 0.0991. The van der Waals surface area contributed by atoms with Crippen molar-refractivity contribution in [2.24, 2.45) is 0 Å². The molecule has 0 saturated heterocycles. The van der Waals surface area contributed by atoms with Crippen molar-refractivity contribution in [1.29, 1.82) is 0 Å². The van der Waals surface area contributed by atoms with Crippen LogP contribution in [0.2, 0.25) is 0 Å². The van der Waals surface area contributed by atoms with Crippen LogP contribution in [-0.4, -0.2) is 37.7 Å². The molecule has 1 aromatic rings. The minimum Gasteiger partial charge on any atom is -0.493 e. The molecule has 0 atom stereocenters. The Hall–Kier alpha value is -2.08. The van der Waals surface area contributed by atoms with Crippen molar-refractivity contribution >= 4 is 11.8 Å². The number of hydrogen-bond acceptors (Lipinski definition) is 6. The largest absolute Gasteiger partial charge is 0.493 e. The number of carbonyl (C=O) groups excluding carboxylic acids is 2. The monoisotopic (exact) mass is 254 g/mol. The number of ketones is 1. The van der Waals surface area contributed by atoms with Crippen LogP contribution in [0.25, 0.3) is 0 Å². The SMILES string of the molecule is COc1cc(C(=O)CO)cc(OC)c1OC(C)=O. The highest BCUT2D eigenvalue weighted by molar-refractivity contribution is 5.98. The molecule has 0 heterocycles. The van der Waals surface area contributed by atoms with Gasteiger partial charge in [-0.05, 0) is 12.1 Å². The lowest BCUT2D eigenvalue weighted by Crippen LogP contribution is -2.08. The predicted molar refractivity (Wildman–Crippen MR) is 62.3 cm³/mol. The summed E-state index contributed by atoms with van der Waals surface area (Å²) in [5.41, 5.74) is 0.210. The first-order valence-electron chi connectivity index (χ1n) is 5.12. The van der Waals surface area contributed by atoms with Gasteiger partial charge in [-0.1, -0.05) is 0 Å². The third-order valence-electron chi connectivity index (χ3n) is 2.17. The zero-order valence-corrected chi connectivity index (χ0v) is 10.4. The van der Waals surface area contributed by atoms with Crippen molar-refractivity contribution in [3.8, 4) is 17.2 Å². The third kappa shape index (κ3) is 2.98. The normalized spacial score (nSPS) is 9.78. The number of benzene rings is 1. The lowest BCUT2D eigenvalue weighted by molar-refractivity contribution is -0.132. The summed E-state index contributed by atoms with van der Waals surface area (Å²) in [6.07, 6.45) is 0. The van der Waals surface area contributed by atoms with E-state index in [0.717, 1.165) is 0 Å². The van der Waals surface area contributed by atoms with Crippen LogP contribution >= 0.6 is 0 Å². The summed E-state index contributed by atoms with van der Waals surface area (Å²) < 4.78 is 15.0. The highest BCUT2D eigenvalue weighted by Crippen LogP contribution is 2.38. The predicted octanol–water partition coefficient (Wildman–Crippen LogP) is 0.804. The molecule has 0 unspecified atom stereocenters. The van der Waals surface area contributed by atoms with E-state index in [0.29, 0.717) is 0 Å². The van der Waals surface area contributed by atoms with Crippen LogP contribution in [0.15, 0.2) is 12.1 Å². The van der Waals surface area contributed by atoms with Crippen molar-refractivity contribution in [2.75, 3.05) is 20.8 Å². The van der Waals surface area contributed by atoms with Crippen molar-refractivity contribution in [1.82, 2.24) is 0 Å². The van der Waals surface area contributed by atoms with Crippen LogP contribution in [-0.2, 0) is 4.79 Å². The van der Waals surface area contributed by atoms with Crippen LogP contribution in [0.4, 0.5) is 0 Å². The third-order valence-corrected chi connectivity index (χ3v) is 2.17. The Labute approximate surface area is 104 Å². The van der Waals surface area contributed by atoms with Crippen LogP contribution < -0.4 is 14.2 Å². The quantitative estimate of drug-likeness (QED) is 0.475. The minimum atomic E-state index is -0.626. The van der Waals surface area contributed by atoms with Gasteiger partial charge in [0, 0.05) is 12.5 Å². The summed E-state index contributed by atoms with van der Waals surface area (Å²) >= 11 is 0. The molecule has 0 spiro atoms. The molecule has 18 heavy (non-hydrogen) atoms. The van der Waals surface area contributed by atoms with Crippen molar-refractivity contribution in [3.05, 3.63) is 17.7 Å². The summed E-state index contributed by atoms with van der Waals surface area (Å²) in [4.78, 5) is 22.4. The van der Waals surface area contributed by atoms with E-state index in [1.807, 2.05) is 0 Å². The van der Waals surface area contributed by atoms with Gasteiger partial charge in [-0.25, -0.2) is 0 Å². The number of methoxy groups -OCH3 is 2. The highest BCUT2D eigenvalue weighted by Gasteiger charge is 2.18. The highest BCUT2D eigenvalue weighted by atomic mass is 16.6. The smallest absolute Gasteiger partial charge is 0.308 e. The summed E-state index contributed by atoms with van der Waals surface area (Å²) in [5.74, 6) is -0.557. The number of carbonyl (C=O) groups is 2. The van der Waals surface area contributed by atoms with Gasteiger partial charge in [0.25, 0.3) is 0 Å². The van der Waals surface area contributed by atoms with E-state index in [9.17, 15) is 9.59 Å². The number of esters is 1. The Balaban J connectivity index is 3.33. The Morgan fingerprint density at radius 2 is 1.67 bits per heavy atom. The van der Waals surface area contributed by atoms with Gasteiger partial charge < -0.3 is 19.3 Å². The maximum atomic E-state index is 11.4. The number of aliphatic hydroxyl groups excluding tert-OH is 1. The van der Waals surface area contributed by atoms with Crippen LogP contribution in [0, 0.1) is 0 Å². The molecular formula is C12H14O6. The number of Topliss-reactive ketones (excluding diaryl/α,β-unsaturated/α-hetero) is 1. The topological polar surface area (TPSA) is 82.1 Å². The lowest BCUT2D eigenvalue weighted by Gasteiger charge is -2.13. The van der Waals surface area contributed by atoms with E-state index in [1.54, 1.807) is 0 Å². The van der Waals surface area contributed by atoms with E-state index in [-0.39, 0.29) is 22.8 Å².